The number of carbonyl (C=O) groups is 1. The summed E-state index contributed by atoms with van der Waals surface area (Å²) in [6.07, 6.45) is 0.439. The molecule has 2 rings (SSSR count). The molecule has 0 aromatic heterocycles. The van der Waals surface area contributed by atoms with E-state index in [1.807, 2.05) is 33.8 Å². The molecule has 1 aromatic carbocycles. The van der Waals surface area contributed by atoms with Crippen LogP contribution in [-0.4, -0.2) is 17.7 Å². The lowest BCUT2D eigenvalue weighted by Gasteiger charge is -2.27. The highest BCUT2D eigenvalue weighted by atomic mass is 16.6. The number of hydrogen-bond acceptors (Lipinski definition) is 3. The summed E-state index contributed by atoms with van der Waals surface area (Å²) in [6, 6.07) is 7.60. The maximum absolute atomic E-state index is 12.3. The molecule has 1 heterocycles. The van der Waals surface area contributed by atoms with Crippen LogP contribution >= 0.6 is 0 Å². The van der Waals surface area contributed by atoms with Crippen molar-refractivity contribution in [3.05, 3.63) is 29.3 Å². The van der Waals surface area contributed by atoms with E-state index in [4.69, 9.17) is 10.00 Å². The fraction of sp³-hybridized carbons (Fsp3) is 0.467. The van der Waals surface area contributed by atoms with E-state index in [2.05, 4.69) is 6.07 Å². The second-order valence-corrected chi connectivity index (χ2v) is 5.86. The number of ether oxygens (including phenoxy) is 1. The number of benzene rings is 1. The van der Waals surface area contributed by atoms with E-state index in [1.54, 1.807) is 17.0 Å². The van der Waals surface area contributed by atoms with Gasteiger partial charge < -0.3 is 4.74 Å². The summed E-state index contributed by atoms with van der Waals surface area (Å²) in [5, 5.41) is 8.96. The molecule has 1 atom stereocenters. The van der Waals surface area contributed by atoms with Gasteiger partial charge in [-0.1, -0.05) is 6.07 Å². The monoisotopic (exact) mass is 258 g/mol. The zero-order valence-electron chi connectivity index (χ0n) is 11.7. The number of carbonyl (C=O) groups excluding carboxylic acids is 1. The Morgan fingerprint density at radius 2 is 2.16 bits per heavy atom. The average Bonchev–Trinajstić information content (AvgIpc) is 2.61. The van der Waals surface area contributed by atoms with Crippen LogP contribution in [0.2, 0.25) is 0 Å². The molecule has 4 heteroatoms. The summed E-state index contributed by atoms with van der Waals surface area (Å²) in [5.41, 5.74) is 1.91. The Morgan fingerprint density at radius 1 is 1.47 bits per heavy atom. The van der Waals surface area contributed by atoms with Gasteiger partial charge in [-0.25, -0.2) is 4.79 Å². The van der Waals surface area contributed by atoms with Crippen molar-refractivity contribution in [1.29, 1.82) is 5.26 Å². The van der Waals surface area contributed by atoms with Crippen LogP contribution in [-0.2, 0) is 11.2 Å². The van der Waals surface area contributed by atoms with Gasteiger partial charge in [0.25, 0.3) is 0 Å². The van der Waals surface area contributed by atoms with Crippen molar-refractivity contribution in [1.82, 2.24) is 0 Å². The molecule has 0 aliphatic carbocycles. The normalized spacial score (nSPS) is 17.8. The Kier molecular flexibility index (Phi) is 3.23. The number of fused-ring (bicyclic) bond motifs is 1. The Balaban J connectivity index is 2.34. The lowest BCUT2D eigenvalue weighted by Crippen LogP contribution is -2.40. The van der Waals surface area contributed by atoms with Crippen LogP contribution in [0.3, 0.4) is 0 Å². The third-order valence-electron chi connectivity index (χ3n) is 3.02. The smallest absolute Gasteiger partial charge is 0.415 e. The molecule has 0 saturated heterocycles. The third kappa shape index (κ3) is 2.70. The van der Waals surface area contributed by atoms with Crippen LogP contribution in [0, 0.1) is 11.3 Å². The van der Waals surface area contributed by atoms with Crippen molar-refractivity contribution in [2.24, 2.45) is 0 Å². The van der Waals surface area contributed by atoms with Crippen LogP contribution in [0.4, 0.5) is 10.5 Å². The molecule has 1 amide bonds. The number of anilines is 1. The standard InChI is InChI=1S/C15H18N2O2/c1-10-7-12-6-5-11(9-16)8-13(12)17(10)14(18)19-15(2,3)4/h5-6,8,10H,7H2,1-4H3. The molecule has 0 N–H and O–H groups in total. The quantitative estimate of drug-likeness (QED) is 0.717. The second-order valence-electron chi connectivity index (χ2n) is 5.86. The van der Waals surface area contributed by atoms with Gasteiger partial charge in [0.1, 0.15) is 5.60 Å². The van der Waals surface area contributed by atoms with Crippen molar-refractivity contribution in [2.45, 2.75) is 45.8 Å². The number of hydrogen-bond donors (Lipinski definition) is 0. The Hall–Kier alpha value is -2.02. The second kappa shape index (κ2) is 4.58. The predicted molar refractivity (Wildman–Crippen MR) is 73.0 cm³/mol. The molecule has 0 radical (unpaired) electrons. The number of rotatable bonds is 0. The van der Waals surface area contributed by atoms with Gasteiger partial charge in [-0.2, -0.15) is 5.26 Å². The minimum absolute atomic E-state index is 0.0544. The molecule has 0 spiro atoms. The van der Waals surface area contributed by atoms with Crippen molar-refractivity contribution < 1.29 is 9.53 Å². The van der Waals surface area contributed by atoms with Gasteiger partial charge in [-0.05, 0) is 51.8 Å². The van der Waals surface area contributed by atoms with Crippen LogP contribution in [0.15, 0.2) is 18.2 Å². The van der Waals surface area contributed by atoms with E-state index in [1.165, 1.54) is 0 Å². The average molecular weight is 258 g/mol. The number of nitriles is 1. The van der Waals surface area contributed by atoms with E-state index in [0.717, 1.165) is 17.7 Å². The summed E-state index contributed by atoms with van der Waals surface area (Å²) in [7, 11) is 0. The molecular formula is C15H18N2O2. The first kappa shape index (κ1) is 13.4. The Morgan fingerprint density at radius 3 is 2.74 bits per heavy atom. The number of nitrogens with zero attached hydrogens (tertiary/aromatic N) is 2. The molecule has 0 bridgehead atoms. The number of amides is 1. The lowest BCUT2D eigenvalue weighted by atomic mass is 10.1. The van der Waals surface area contributed by atoms with Gasteiger partial charge >= 0.3 is 6.09 Å². The van der Waals surface area contributed by atoms with Gasteiger partial charge in [0, 0.05) is 6.04 Å². The lowest BCUT2D eigenvalue weighted by molar-refractivity contribution is 0.0572. The molecule has 1 unspecified atom stereocenters. The zero-order valence-corrected chi connectivity index (χ0v) is 11.7. The maximum Gasteiger partial charge on any atom is 0.415 e. The minimum Gasteiger partial charge on any atom is -0.443 e. The van der Waals surface area contributed by atoms with E-state index in [0.29, 0.717) is 5.56 Å². The van der Waals surface area contributed by atoms with Gasteiger partial charge in [0.05, 0.1) is 17.3 Å². The minimum atomic E-state index is -0.521. The molecule has 1 aliphatic rings. The highest BCUT2D eigenvalue weighted by Crippen LogP contribution is 2.34. The first-order chi connectivity index (χ1) is 8.81. The van der Waals surface area contributed by atoms with Crippen LogP contribution in [0.5, 0.6) is 0 Å². The first-order valence-corrected chi connectivity index (χ1v) is 6.37. The fourth-order valence-corrected chi connectivity index (χ4v) is 2.27. The van der Waals surface area contributed by atoms with Gasteiger partial charge in [-0.3, -0.25) is 4.90 Å². The predicted octanol–water partition coefficient (Wildman–Crippen LogP) is 3.24. The summed E-state index contributed by atoms with van der Waals surface area (Å²) in [6.45, 7) is 7.52. The van der Waals surface area contributed by atoms with Crippen molar-refractivity contribution in [3.8, 4) is 6.07 Å². The van der Waals surface area contributed by atoms with Crippen molar-refractivity contribution in [3.63, 3.8) is 0 Å². The van der Waals surface area contributed by atoms with Gasteiger partial charge in [0.2, 0.25) is 0 Å². The molecule has 4 nitrogen and oxygen atoms in total. The van der Waals surface area contributed by atoms with Gasteiger partial charge in [-0.15, -0.1) is 0 Å². The zero-order chi connectivity index (χ0) is 14.2. The highest BCUT2D eigenvalue weighted by Gasteiger charge is 2.34. The van der Waals surface area contributed by atoms with E-state index >= 15 is 0 Å². The Bertz CT molecular complexity index is 552. The third-order valence-corrected chi connectivity index (χ3v) is 3.02. The maximum atomic E-state index is 12.3. The summed E-state index contributed by atoms with van der Waals surface area (Å²) >= 11 is 0. The SMILES string of the molecule is CC1Cc2ccc(C#N)cc2N1C(=O)OC(C)(C)C. The van der Waals surface area contributed by atoms with E-state index < -0.39 is 5.60 Å². The molecule has 1 aromatic rings. The van der Waals surface area contributed by atoms with E-state index in [9.17, 15) is 4.79 Å². The van der Waals surface area contributed by atoms with Gasteiger partial charge in [0.15, 0.2) is 0 Å². The molecule has 0 saturated carbocycles. The Labute approximate surface area is 113 Å². The fourth-order valence-electron chi connectivity index (χ4n) is 2.27. The molecule has 19 heavy (non-hydrogen) atoms. The van der Waals surface area contributed by atoms with Crippen LogP contribution in [0.25, 0.3) is 0 Å². The summed E-state index contributed by atoms with van der Waals surface area (Å²) < 4.78 is 5.43. The summed E-state index contributed by atoms with van der Waals surface area (Å²) in [5.74, 6) is 0. The topological polar surface area (TPSA) is 53.3 Å². The van der Waals surface area contributed by atoms with E-state index in [-0.39, 0.29) is 12.1 Å². The largest absolute Gasteiger partial charge is 0.443 e. The molecule has 0 fully saturated rings. The van der Waals surface area contributed by atoms with Crippen molar-refractivity contribution >= 4 is 11.8 Å². The van der Waals surface area contributed by atoms with Crippen molar-refractivity contribution in [2.75, 3.05) is 4.90 Å². The highest BCUT2D eigenvalue weighted by molar-refractivity contribution is 5.91. The molecule has 100 valence electrons. The molecular weight excluding hydrogens is 240 g/mol. The van der Waals surface area contributed by atoms with Crippen LogP contribution in [0.1, 0.15) is 38.8 Å². The molecule has 1 aliphatic heterocycles. The first-order valence-electron chi connectivity index (χ1n) is 6.37. The van der Waals surface area contributed by atoms with Crippen LogP contribution < -0.4 is 4.90 Å². The summed E-state index contributed by atoms with van der Waals surface area (Å²) in [4.78, 5) is 13.9.